The van der Waals surface area contributed by atoms with Crippen LogP contribution in [0.2, 0.25) is 40.2 Å². The molecular weight excluding hydrogens is 1630 g/mol. The second-order valence-corrected chi connectivity index (χ2v) is 33.0. The van der Waals surface area contributed by atoms with Gasteiger partial charge < -0.3 is 30.3 Å². The predicted octanol–water partition coefficient (Wildman–Crippen LogP) is 25.4. The molecule has 6 aromatic carbocycles. The number of ether oxygens (including phenoxy) is 1. The number of rotatable bonds is 16. The molecule has 11 rings (SSSR count). The van der Waals surface area contributed by atoms with E-state index in [1.54, 1.807) is 107 Å². The van der Waals surface area contributed by atoms with Crippen molar-refractivity contribution in [3.05, 3.63) is 239 Å². The molecule has 0 radical (unpaired) electrons. The summed E-state index contributed by atoms with van der Waals surface area (Å²) in [6.45, 7) is 14.3. The number of thiophene rings is 4. The Bertz CT molecular complexity index is 4910. The van der Waals surface area contributed by atoms with E-state index in [4.69, 9.17) is 97.5 Å². The molecule has 13 nitrogen and oxygen atoms in total. The Labute approximate surface area is 669 Å². The molecule has 1 aliphatic rings. The molecule has 0 saturated heterocycles. The largest absolute Gasteiger partial charge is 0.510 e. The summed E-state index contributed by atoms with van der Waals surface area (Å²) in [5.74, 6) is -1.72. The molecule has 0 amide bonds. The summed E-state index contributed by atoms with van der Waals surface area (Å²) < 4.78 is 30.6. The van der Waals surface area contributed by atoms with Gasteiger partial charge in [0.25, 0.3) is 0 Å². The number of carbonyl (C=O) groups is 7. The first kappa shape index (κ1) is 87.1. The third-order valence-electron chi connectivity index (χ3n) is 14.9. The van der Waals surface area contributed by atoms with Gasteiger partial charge in [-0.25, -0.2) is 8.78 Å². The smallest absolute Gasteiger partial charge is 0.323 e. The molecule has 0 fully saturated rings. The molecular formula is C76H64Cl8F2O13S6. The van der Waals surface area contributed by atoms with Crippen molar-refractivity contribution in [3.63, 3.8) is 0 Å². The number of aryl methyl sites for hydroxylation is 1. The van der Waals surface area contributed by atoms with Crippen molar-refractivity contribution in [1.82, 2.24) is 0 Å². The Hall–Kier alpha value is -6.77. The second-order valence-electron chi connectivity index (χ2n) is 22.8. The minimum Gasteiger partial charge on any atom is -0.510 e. The molecule has 1 aliphatic heterocycles. The van der Waals surface area contributed by atoms with Gasteiger partial charge in [-0.1, -0.05) is 148 Å². The molecule has 0 aliphatic carbocycles. The molecule has 4 atom stereocenters. The normalized spacial score (nSPS) is 13.3. The molecule has 105 heavy (non-hydrogen) atoms. The highest BCUT2D eigenvalue weighted by molar-refractivity contribution is 8.01. The highest BCUT2D eigenvalue weighted by Crippen LogP contribution is 2.50. The summed E-state index contributed by atoms with van der Waals surface area (Å²) >= 11 is 55.4. The Morgan fingerprint density at radius 1 is 0.514 bits per heavy atom. The summed E-state index contributed by atoms with van der Waals surface area (Å²) in [4.78, 5) is 82.7. The summed E-state index contributed by atoms with van der Waals surface area (Å²) in [7, 11) is 1.34. The van der Waals surface area contributed by atoms with Gasteiger partial charge in [-0.2, -0.15) is 0 Å². The zero-order valence-corrected chi connectivity index (χ0v) is 68.0. The number of hydrogen-bond donors (Lipinski definition) is 5. The fraction of sp³-hybridized carbons (Fsp3) is 0.197. The molecule has 0 spiro atoms. The number of methoxy groups -OCH3 is 1. The minimum atomic E-state index is -0.524. The number of aromatic hydroxyl groups is 4. The van der Waals surface area contributed by atoms with Crippen LogP contribution in [-0.2, 0) is 19.1 Å². The number of esters is 1. The molecule has 10 aromatic rings. The summed E-state index contributed by atoms with van der Waals surface area (Å²) in [5.41, 5.74) is 6.06. The lowest BCUT2D eigenvalue weighted by Crippen LogP contribution is -2.15. The van der Waals surface area contributed by atoms with Crippen LogP contribution in [0.15, 0.2) is 149 Å². The number of Topliss-reactive ketones (excluding diaryl/α,β-unsaturated/α-hetero) is 6. The maximum atomic E-state index is 13.0. The number of hydrogen-bond acceptors (Lipinski definition) is 19. The van der Waals surface area contributed by atoms with E-state index < -0.39 is 5.25 Å². The van der Waals surface area contributed by atoms with Crippen LogP contribution in [0, 0.1) is 18.6 Å². The highest BCUT2D eigenvalue weighted by Gasteiger charge is 2.35. The Morgan fingerprint density at radius 3 is 1.47 bits per heavy atom. The third kappa shape index (κ3) is 23.4. The molecule has 4 unspecified atom stereocenters. The van der Waals surface area contributed by atoms with Gasteiger partial charge in [-0.3, -0.25) is 33.6 Å². The number of thioether (sulfide) groups is 2. The molecule has 552 valence electrons. The molecule has 5 N–H and O–H groups in total. The number of halogens is 10. The first-order chi connectivity index (χ1) is 49.4. The molecule has 0 saturated carbocycles. The van der Waals surface area contributed by atoms with E-state index in [2.05, 4.69) is 0 Å². The van der Waals surface area contributed by atoms with Crippen LogP contribution in [0.25, 0.3) is 41.8 Å². The zero-order valence-electron chi connectivity index (χ0n) is 57.0. The quantitative estimate of drug-likeness (QED) is 0.0447. The van der Waals surface area contributed by atoms with Crippen LogP contribution in [0.4, 0.5) is 8.78 Å². The van der Waals surface area contributed by atoms with Crippen molar-refractivity contribution in [2.24, 2.45) is 0 Å². The number of benzene rings is 6. The van der Waals surface area contributed by atoms with Crippen LogP contribution >= 0.6 is 162 Å². The molecule has 4 aromatic heterocycles. The predicted molar refractivity (Wildman–Crippen MR) is 431 cm³/mol. The lowest BCUT2D eigenvalue weighted by molar-refractivity contribution is -0.140. The first-order valence-corrected chi connectivity index (χ1v) is 39.2. The second kappa shape index (κ2) is 39.9. The number of carbonyl (C=O) groups excluding carboxylic acids is 7. The van der Waals surface area contributed by atoms with Gasteiger partial charge in [-0.15, -0.1) is 68.9 Å². The van der Waals surface area contributed by atoms with Crippen LogP contribution in [-0.4, -0.2) is 83.8 Å². The van der Waals surface area contributed by atoms with Crippen molar-refractivity contribution < 1.29 is 72.6 Å². The van der Waals surface area contributed by atoms with Crippen LogP contribution in [0.5, 0.6) is 23.0 Å². The van der Waals surface area contributed by atoms with Gasteiger partial charge in [0.15, 0.2) is 28.9 Å². The standard InChI is InChI=1S/C14H16Cl2O3S.C13H12Cl2O2S.C13H10Cl2O2S.C12H8Cl2O2S.2C12H9FO2S/c1-8(17)6-9(2)20-13(14(18)19-3)10-4-5-11(15)12(16)7-10;2*1-6(16)11-7(2)18-13(12(11)17)8-3-4-9(14)10(15)5-8;1-6(15)9-5-17-12(11(9)16)8-3-2-7(13)4-10(8)14;1-7(14)10-6-16-12(11(10)15)8-2-4-9(13)5-3-8;1-7(14)10-6-16-12(11(10)15)8-3-2-4-9(13)5-8/h4-5,7,9,13H,6H2,1-3H3;3-5,7,13,17H,1-2H3;3-5,17H,1-2H3;2-5,16H,1H3;2*2-6,15H,1H3. The van der Waals surface area contributed by atoms with E-state index in [1.165, 1.54) is 142 Å². The van der Waals surface area contributed by atoms with E-state index in [1.807, 2.05) is 26.8 Å². The van der Waals surface area contributed by atoms with Gasteiger partial charge in [0.05, 0.1) is 89.3 Å². The maximum absolute atomic E-state index is 13.0. The molecule has 29 heteroatoms. The van der Waals surface area contributed by atoms with Gasteiger partial charge in [0, 0.05) is 54.1 Å². The van der Waals surface area contributed by atoms with Gasteiger partial charge >= 0.3 is 5.97 Å². The fourth-order valence-electron chi connectivity index (χ4n) is 9.89. The van der Waals surface area contributed by atoms with Crippen LogP contribution in [0.3, 0.4) is 0 Å². The summed E-state index contributed by atoms with van der Waals surface area (Å²) in [6.07, 6.45) is 0.402. The minimum absolute atomic E-state index is 0.00561. The monoisotopic (exact) mass is 1690 g/mol. The van der Waals surface area contributed by atoms with Crippen LogP contribution in [0.1, 0.15) is 130 Å². The lowest BCUT2D eigenvalue weighted by atomic mass is 10.0. The van der Waals surface area contributed by atoms with E-state index in [-0.39, 0.29) is 102 Å². The van der Waals surface area contributed by atoms with Gasteiger partial charge in [0.1, 0.15) is 51.4 Å². The van der Waals surface area contributed by atoms with Crippen molar-refractivity contribution >= 4 is 202 Å². The highest BCUT2D eigenvalue weighted by atomic mass is 35.5. The van der Waals surface area contributed by atoms with E-state index in [9.17, 15) is 67.9 Å². The zero-order chi connectivity index (χ0) is 78.2. The van der Waals surface area contributed by atoms with E-state index >= 15 is 0 Å². The third-order valence-corrected chi connectivity index (χ3v) is 24.6. The van der Waals surface area contributed by atoms with Crippen LogP contribution < -0.4 is 0 Å². The van der Waals surface area contributed by atoms with Crippen molar-refractivity contribution in [3.8, 4) is 64.8 Å². The Morgan fingerprint density at radius 2 is 1.01 bits per heavy atom. The molecule has 5 heterocycles. The SMILES string of the molecule is CC(=O)C1=C(O)C(c2ccc(Cl)c(Cl)c2)SC1C.CC(=O)c1c(C)sc(-c2ccc(Cl)c(Cl)c2)c1O.CC(=O)c1csc(-c2ccc(Cl)cc2Cl)c1O.CC(=O)c1csc(-c2ccc(F)cc2)c1O.CC(=O)c1csc(-c2cccc(F)c2)c1O.COC(=O)C(SC(C)CC(C)=O)c1ccc(Cl)c(Cl)c1. The average molecular weight is 1700 g/mol. The van der Waals surface area contributed by atoms with Crippen molar-refractivity contribution in [2.75, 3.05) is 7.11 Å². The number of aliphatic hydroxyl groups excluding tert-OH is 1. The summed E-state index contributed by atoms with van der Waals surface area (Å²) in [5, 5.41) is 57.5. The first-order valence-electron chi connectivity index (χ1n) is 30.8. The Kier molecular flexibility index (Phi) is 33.1. The fourth-order valence-corrected chi connectivity index (χ4v) is 18.2. The topological polar surface area (TPSA) is 230 Å². The Balaban J connectivity index is 0.000000198. The van der Waals surface area contributed by atoms with Gasteiger partial charge in [0.2, 0.25) is 0 Å². The van der Waals surface area contributed by atoms with Crippen molar-refractivity contribution in [2.45, 2.75) is 89.7 Å². The summed E-state index contributed by atoms with van der Waals surface area (Å²) in [6, 6.07) is 32.1. The molecule has 0 bridgehead atoms. The average Bonchev–Trinajstić information content (AvgIpc) is 1.69. The van der Waals surface area contributed by atoms with E-state index in [0.717, 1.165) is 16.0 Å². The maximum Gasteiger partial charge on any atom is 0.323 e. The lowest BCUT2D eigenvalue weighted by Gasteiger charge is -2.19. The number of ketones is 6. The number of aliphatic hydroxyl groups is 1. The van der Waals surface area contributed by atoms with Crippen molar-refractivity contribution in [1.29, 1.82) is 0 Å². The van der Waals surface area contributed by atoms with Gasteiger partial charge in [-0.05, 0) is 156 Å². The van der Waals surface area contributed by atoms with E-state index in [0.29, 0.717) is 111 Å².